The van der Waals surface area contributed by atoms with Crippen LogP contribution in [0.5, 0.6) is 0 Å². The van der Waals surface area contributed by atoms with E-state index in [1.807, 2.05) is 19.9 Å². The SMILES string of the molecule is CC1=C(Cl)C(=O)N(c2noc(C(C)C)c2C#N)C1O. The van der Waals surface area contributed by atoms with Gasteiger partial charge in [-0.05, 0) is 6.92 Å². The van der Waals surface area contributed by atoms with Crippen LogP contribution in [0.2, 0.25) is 0 Å². The lowest BCUT2D eigenvalue weighted by atomic mass is 10.1. The molecule has 7 heteroatoms. The molecule has 1 aromatic rings. The normalized spacial score (nSPS) is 19.5. The van der Waals surface area contributed by atoms with E-state index < -0.39 is 12.1 Å². The molecule has 0 radical (unpaired) electrons. The third-order valence-corrected chi connectivity index (χ3v) is 3.41. The molecule has 1 aliphatic rings. The lowest BCUT2D eigenvalue weighted by Crippen LogP contribution is -2.35. The van der Waals surface area contributed by atoms with E-state index in [1.54, 1.807) is 6.92 Å². The number of aliphatic hydroxyl groups is 1. The Morgan fingerprint density at radius 1 is 1.58 bits per heavy atom. The van der Waals surface area contributed by atoms with E-state index >= 15 is 0 Å². The van der Waals surface area contributed by atoms with Gasteiger partial charge < -0.3 is 9.63 Å². The molecule has 1 aliphatic heterocycles. The van der Waals surface area contributed by atoms with Crippen molar-refractivity contribution in [3.63, 3.8) is 0 Å². The van der Waals surface area contributed by atoms with Crippen LogP contribution in [-0.4, -0.2) is 22.4 Å². The quantitative estimate of drug-likeness (QED) is 0.893. The monoisotopic (exact) mass is 281 g/mol. The number of nitriles is 1. The largest absolute Gasteiger partial charge is 0.369 e. The number of hydrogen-bond acceptors (Lipinski definition) is 5. The number of rotatable bonds is 2. The Labute approximate surface area is 114 Å². The Bertz CT molecular complexity index is 612. The van der Waals surface area contributed by atoms with Gasteiger partial charge in [-0.25, -0.2) is 0 Å². The van der Waals surface area contributed by atoms with Gasteiger partial charge in [0.15, 0.2) is 17.8 Å². The summed E-state index contributed by atoms with van der Waals surface area (Å²) in [6.07, 6.45) is -1.22. The Morgan fingerprint density at radius 3 is 2.63 bits per heavy atom. The van der Waals surface area contributed by atoms with Crippen LogP contribution in [0, 0.1) is 11.3 Å². The van der Waals surface area contributed by atoms with E-state index in [9.17, 15) is 15.2 Å². The number of carbonyl (C=O) groups is 1. The molecular formula is C12H12ClN3O3. The van der Waals surface area contributed by atoms with Crippen LogP contribution in [0.3, 0.4) is 0 Å². The van der Waals surface area contributed by atoms with Crippen LogP contribution in [0.15, 0.2) is 15.1 Å². The molecule has 2 rings (SSSR count). The number of hydrogen-bond donors (Lipinski definition) is 1. The summed E-state index contributed by atoms with van der Waals surface area (Å²) in [7, 11) is 0. The summed E-state index contributed by atoms with van der Waals surface area (Å²) in [5.41, 5.74) is 0.464. The molecule has 19 heavy (non-hydrogen) atoms. The molecule has 0 fully saturated rings. The second kappa shape index (κ2) is 4.68. The van der Waals surface area contributed by atoms with Crippen molar-refractivity contribution in [1.82, 2.24) is 5.16 Å². The lowest BCUT2D eigenvalue weighted by molar-refractivity contribution is -0.115. The standard InChI is InChI=1S/C12H12ClN3O3/c1-5(2)9-7(4-14)10(15-19-9)16-11(17)6(3)8(13)12(16)18/h5,11,17H,1-3H3. The molecule has 0 aliphatic carbocycles. The Kier molecular flexibility index (Phi) is 3.35. The maximum absolute atomic E-state index is 12.0. The summed E-state index contributed by atoms with van der Waals surface area (Å²) in [4.78, 5) is 12.9. The highest BCUT2D eigenvalue weighted by Crippen LogP contribution is 2.35. The minimum Gasteiger partial charge on any atom is -0.369 e. The van der Waals surface area contributed by atoms with Crippen LogP contribution < -0.4 is 4.90 Å². The van der Waals surface area contributed by atoms with E-state index in [0.717, 1.165) is 4.90 Å². The van der Waals surface area contributed by atoms with Gasteiger partial charge in [-0.15, -0.1) is 0 Å². The van der Waals surface area contributed by atoms with Crippen molar-refractivity contribution in [3.8, 4) is 6.07 Å². The second-order valence-corrected chi connectivity index (χ2v) is 4.94. The molecule has 0 saturated carbocycles. The molecule has 6 nitrogen and oxygen atoms in total. The molecule has 0 saturated heterocycles. The zero-order chi connectivity index (χ0) is 14.3. The van der Waals surface area contributed by atoms with Gasteiger partial charge in [-0.3, -0.25) is 9.69 Å². The summed E-state index contributed by atoms with van der Waals surface area (Å²) < 4.78 is 5.09. The van der Waals surface area contributed by atoms with Crippen LogP contribution in [0.4, 0.5) is 5.82 Å². The average molecular weight is 282 g/mol. The molecule has 1 N–H and O–H groups in total. The Balaban J connectivity index is 2.51. The second-order valence-electron chi connectivity index (χ2n) is 4.56. The smallest absolute Gasteiger partial charge is 0.273 e. The van der Waals surface area contributed by atoms with E-state index in [1.165, 1.54) is 0 Å². The highest BCUT2D eigenvalue weighted by atomic mass is 35.5. The third kappa shape index (κ3) is 1.91. The van der Waals surface area contributed by atoms with Gasteiger partial charge in [0.25, 0.3) is 5.91 Å². The van der Waals surface area contributed by atoms with Gasteiger partial charge in [-0.2, -0.15) is 5.26 Å². The third-order valence-electron chi connectivity index (χ3n) is 2.95. The average Bonchev–Trinajstić information content (AvgIpc) is 2.86. The van der Waals surface area contributed by atoms with Crippen molar-refractivity contribution in [1.29, 1.82) is 5.26 Å². The van der Waals surface area contributed by atoms with E-state index in [0.29, 0.717) is 11.3 Å². The van der Waals surface area contributed by atoms with E-state index in [4.69, 9.17) is 16.1 Å². The van der Waals surface area contributed by atoms with Crippen molar-refractivity contribution in [2.75, 3.05) is 4.90 Å². The minimum absolute atomic E-state index is 0.00120. The van der Waals surface area contributed by atoms with Gasteiger partial charge >= 0.3 is 0 Å². The number of anilines is 1. The molecule has 1 amide bonds. The predicted molar refractivity (Wildman–Crippen MR) is 67.4 cm³/mol. The number of aromatic nitrogens is 1. The fourth-order valence-electron chi connectivity index (χ4n) is 1.86. The molecule has 0 spiro atoms. The van der Waals surface area contributed by atoms with Gasteiger partial charge in [0, 0.05) is 11.5 Å². The fourth-order valence-corrected chi connectivity index (χ4v) is 2.05. The topological polar surface area (TPSA) is 90.4 Å². The van der Waals surface area contributed by atoms with Crippen LogP contribution in [-0.2, 0) is 4.79 Å². The van der Waals surface area contributed by atoms with Gasteiger partial charge in [0.1, 0.15) is 16.7 Å². The van der Waals surface area contributed by atoms with Crippen LogP contribution in [0.1, 0.15) is 38.0 Å². The summed E-state index contributed by atoms with van der Waals surface area (Å²) in [5.74, 6) is -0.279. The first-order valence-electron chi connectivity index (χ1n) is 5.67. The van der Waals surface area contributed by atoms with Crippen molar-refractivity contribution in [2.24, 2.45) is 0 Å². The summed E-state index contributed by atoms with van der Waals surface area (Å²) in [6.45, 7) is 5.22. The minimum atomic E-state index is -1.22. The first-order chi connectivity index (χ1) is 8.90. The molecule has 1 atom stereocenters. The molecule has 0 aromatic carbocycles. The highest BCUT2D eigenvalue weighted by molar-refractivity contribution is 6.45. The van der Waals surface area contributed by atoms with Crippen LogP contribution in [0.25, 0.3) is 0 Å². The molecule has 1 aromatic heterocycles. The fraction of sp³-hybridized carbons (Fsp3) is 0.417. The number of nitrogens with zero attached hydrogens (tertiary/aromatic N) is 3. The Morgan fingerprint density at radius 2 is 2.21 bits per heavy atom. The molecular weight excluding hydrogens is 270 g/mol. The van der Waals surface area contributed by atoms with Gasteiger partial charge in [0.05, 0.1) is 0 Å². The van der Waals surface area contributed by atoms with Crippen molar-refractivity contribution >= 4 is 23.3 Å². The summed E-state index contributed by atoms with van der Waals surface area (Å²) in [5, 5.41) is 22.8. The maximum atomic E-state index is 12.0. The number of carbonyl (C=O) groups excluding carboxylic acids is 1. The molecule has 0 bridgehead atoms. The summed E-state index contributed by atoms with van der Waals surface area (Å²) >= 11 is 5.80. The molecule has 1 unspecified atom stereocenters. The Hall–Kier alpha value is -1.84. The summed E-state index contributed by atoms with van der Waals surface area (Å²) in [6, 6.07) is 1.95. The zero-order valence-corrected chi connectivity index (χ0v) is 11.4. The van der Waals surface area contributed by atoms with Gasteiger partial charge in [-0.1, -0.05) is 30.6 Å². The van der Waals surface area contributed by atoms with Crippen molar-refractivity contribution in [2.45, 2.75) is 32.9 Å². The van der Waals surface area contributed by atoms with E-state index in [2.05, 4.69) is 5.16 Å². The van der Waals surface area contributed by atoms with Crippen molar-refractivity contribution in [3.05, 3.63) is 21.9 Å². The van der Waals surface area contributed by atoms with E-state index in [-0.39, 0.29) is 22.3 Å². The molecule has 2 heterocycles. The first-order valence-corrected chi connectivity index (χ1v) is 6.05. The first kappa shape index (κ1) is 13.6. The van der Waals surface area contributed by atoms with Crippen LogP contribution >= 0.6 is 11.6 Å². The lowest BCUT2D eigenvalue weighted by Gasteiger charge is -2.18. The number of amides is 1. The maximum Gasteiger partial charge on any atom is 0.273 e. The molecule has 100 valence electrons. The zero-order valence-electron chi connectivity index (χ0n) is 10.6. The number of halogens is 1. The highest BCUT2D eigenvalue weighted by Gasteiger charge is 2.40. The number of aliphatic hydroxyl groups excluding tert-OH is 1. The van der Waals surface area contributed by atoms with Gasteiger partial charge in [0.2, 0.25) is 0 Å². The van der Waals surface area contributed by atoms with Crippen molar-refractivity contribution < 1.29 is 14.4 Å². The predicted octanol–water partition coefficient (Wildman–Crippen LogP) is 1.85.